The predicted molar refractivity (Wildman–Crippen MR) is 139 cm³/mol. The van der Waals surface area contributed by atoms with Gasteiger partial charge in [-0.1, -0.05) is 36.4 Å². The maximum Gasteiger partial charge on any atom is 0.255 e. The minimum atomic E-state index is -0.372. The lowest BCUT2D eigenvalue weighted by molar-refractivity contribution is 0.0953. The molecule has 1 unspecified atom stereocenters. The van der Waals surface area contributed by atoms with Gasteiger partial charge < -0.3 is 20.4 Å². The van der Waals surface area contributed by atoms with E-state index >= 15 is 0 Å². The summed E-state index contributed by atoms with van der Waals surface area (Å²) in [7, 11) is 1.63. The standard InChI is InChI=1S/C29H25FN4O2/c1-36-22-13-11-19(12-14-22)25(26-18-32-27-10-3-2-8-23(26)27)17-33-29(35)24-9-5-15-31-28(24)34-21-7-4-6-20(30)16-21/h2-16,18,25,32H,17H2,1H3,(H,31,34)(H,33,35). The van der Waals surface area contributed by atoms with Crippen molar-refractivity contribution in [3.63, 3.8) is 0 Å². The third-order valence-corrected chi connectivity index (χ3v) is 6.12. The number of carbonyl (C=O) groups excluding carboxylic acids is 1. The molecule has 2 heterocycles. The fourth-order valence-corrected chi connectivity index (χ4v) is 4.31. The summed E-state index contributed by atoms with van der Waals surface area (Å²) in [6.45, 7) is 0.362. The van der Waals surface area contributed by atoms with Crippen molar-refractivity contribution in [2.45, 2.75) is 5.92 Å². The number of hydrogen-bond acceptors (Lipinski definition) is 4. The van der Waals surface area contributed by atoms with Crippen LogP contribution in [0.2, 0.25) is 0 Å². The molecule has 7 heteroatoms. The Morgan fingerprint density at radius 2 is 1.86 bits per heavy atom. The summed E-state index contributed by atoms with van der Waals surface area (Å²) in [5.74, 6) is 0.369. The molecule has 3 N–H and O–H groups in total. The monoisotopic (exact) mass is 480 g/mol. The van der Waals surface area contributed by atoms with Gasteiger partial charge in [-0.2, -0.15) is 0 Å². The van der Waals surface area contributed by atoms with E-state index < -0.39 is 0 Å². The first-order chi connectivity index (χ1) is 17.6. The van der Waals surface area contributed by atoms with E-state index in [0.717, 1.165) is 27.8 Å². The maximum absolute atomic E-state index is 13.6. The molecule has 180 valence electrons. The normalized spacial score (nSPS) is 11.7. The summed E-state index contributed by atoms with van der Waals surface area (Å²) in [5.41, 5.74) is 4.04. The number of rotatable bonds is 8. The van der Waals surface area contributed by atoms with Gasteiger partial charge >= 0.3 is 0 Å². The second-order valence-corrected chi connectivity index (χ2v) is 8.36. The van der Waals surface area contributed by atoms with Crippen molar-refractivity contribution in [1.29, 1.82) is 0 Å². The lowest BCUT2D eigenvalue weighted by Gasteiger charge is -2.19. The highest BCUT2D eigenvalue weighted by Gasteiger charge is 2.21. The van der Waals surface area contributed by atoms with E-state index in [0.29, 0.717) is 23.6 Å². The van der Waals surface area contributed by atoms with Gasteiger partial charge in [0.15, 0.2) is 0 Å². The van der Waals surface area contributed by atoms with Crippen molar-refractivity contribution in [1.82, 2.24) is 15.3 Å². The Balaban J connectivity index is 1.42. The summed E-state index contributed by atoms with van der Waals surface area (Å²) < 4.78 is 19.0. The highest BCUT2D eigenvalue weighted by Crippen LogP contribution is 2.31. The van der Waals surface area contributed by atoms with Gasteiger partial charge in [-0.15, -0.1) is 0 Å². The summed E-state index contributed by atoms with van der Waals surface area (Å²) in [5, 5.41) is 7.23. The van der Waals surface area contributed by atoms with E-state index in [1.807, 2.05) is 48.7 Å². The second kappa shape index (κ2) is 10.3. The third kappa shape index (κ3) is 4.90. The number of hydrogen-bond donors (Lipinski definition) is 3. The summed E-state index contributed by atoms with van der Waals surface area (Å²) in [4.78, 5) is 20.9. The molecule has 0 aliphatic rings. The van der Waals surface area contributed by atoms with Crippen LogP contribution in [0.1, 0.15) is 27.4 Å². The number of para-hydroxylation sites is 1. The largest absolute Gasteiger partial charge is 0.497 e. The van der Waals surface area contributed by atoms with Gasteiger partial charge in [0.05, 0.1) is 12.7 Å². The Hall–Kier alpha value is -4.65. The predicted octanol–water partition coefficient (Wildman–Crippen LogP) is 6.02. The van der Waals surface area contributed by atoms with Crippen molar-refractivity contribution in [3.05, 3.63) is 120 Å². The number of anilines is 2. The van der Waals surface area contributed by atoms with Crippen LogP contribution in [0.15, 0.2) is 97.3 Å². The number of fused-ring (bicyclic) bond motifs is 1. The SMILES string of the molecule is COc1ccc(C(CNC(=O)c2cccnc2Nc2cccc(F)c2)c2c[nH]c3ccccc23)cc1. The van der Waals surface area contributed by atoms with Crippen LogP contribution >= 0.6 is 0 Å². The Morgan fingerprint density at radius 3 is 2.67 bits per heavy atom. The summed E-state index contributed by atoms with van der Waals surface area (Å²) >= 11 is 0. The van der Waals surface area contributed by atoms with Gasteiger partial charge in [0, 0.05) is 41.4 Å². The molecule has 5 rings (SSSR count). The number of benzene rings is 3. The minimum absolute atomic E-state index is 0.104. The number of pyridine rings is 1. The van der Waals surface area contributed by atoms with Gasteiger partial charge in [-0.3, -0.25) is 4.79 Å². The molecule has 0 saturated carbocycles. The molecular weight excluding hydrogens is 455 g/mol. The fourth-order valence-electron chi connectivity index (χ4n) is 4.31. The molecule has 0 aliphatic heterocycles. The smallest absolute Gasteiger partial charge is 0.255 e. The molecule has 0 spiro atoms. The van der Waals surface area contributed by atoms with Crippen LogP contribution in [0, 0.1) is 5.82 Å². The molecule has 0 fully saturated rings. The van der Waals surface area contributed by atoms with Crippen molar-refractivity contribution in [3.8, 4) is 5.75 Å². The second-order valence-electron chi connectivity index (χ2n) is 8.36. The number of aromatic amines is 1. The van der Waals surface area contributed by atoms with E-state index in [4.69, 9.17) is 4.74 Å². The van der Waals surface area contributed by atoms with E-state index in [1.165, 1.54) is 12.1 Å². The van der Waals surface area contributed by atoms with E-state index in [9.17, 15) is 9.18 Å². The third-order valence-electron chi connectivity index (χ3n) is 6.12. The number of amides is 1. The zero-order chi connectivity index (χ0) is 24.9. The fraction of sp³-hybridized carbons (Fsp3) is 0.103. The van der Waals surface area contributed by atoms with Crippen LogP contribution in [0.3, 0.4) is 0 Å². The maximum atomic E-state index is 13.6. The van der Waals surface area contributed by atoms with E-state index in [2.05, 4.69) is 26.7 Å². The minimum Gasteiger partial charge on any atom is -0.497 e. The van der Waals surface area contributed by atoms with Gasteiger partial charge in [-0.25, -0.2) is 9.37 Å². The van der Waals surface area contributed by atoms with Gasteiger partial charge in [0.1, 0.15) is 17.4 Å². The number of carbonyl (C=O) groups is 1. The number of methoxy groups -OCH3 is 1. The van der Waals surface area contributed by atoms with Crippen LogP contribution in [0.4, 0.5) is 15.9 Å². The molecule has 2 aromatic heterocycles. The van der Waals surface area contributed by atoms with Gasteiger partial charge in [-0.05, 0) is 59.7 Å². The molecule has 1 atom stereocenters. The zero-order valence-electron chi connectivity index (χ0n) is 19.7. The highest BCUT2D eigenvalue weighted by molar-refractivity contribution is 5.99. The first kappa shape index (κ1) is 23.1. The number of halogens is 1. The molecule has 0 saturated heterocycles. The first-order valence-corrected chi connectivity index (χ1v) is 11.6. The lowest BCUT2D eigenvalue weighted by atomic mass is 9.90. The Labute approximate surface area is 208 Å². The van der Waals surface area contributed by atoms with Gasteiger partial charge in [0.2, 0.25) is 0 Å². The van der Waals surface area contributed by atoms with Crippen LogP contribution in [0.5, 0.6) is 5.75 Å². The quantitative estimate of drug-likeness (QED) is 0.254. The number of aromatic nitrogens is 2. The molecule has 0 aliphatic carbocycles. The van der Waals surface area contributed by atoms with Crippen molar-refractivity contribution in [2.24, 2.45) is 0 Å². The Kier molecular flexibility index (Phi) is 6.62. The summed E-state index contributed by atoms with van der Waals surface area (Å²) in [6.07, 6.45) is 3.58. The molecule has 0 bridgehead atoms. The molecule has 3 aromatic carbocycles. The zero-order valence-corrected chi connectivity index (χ0v) is 19.7. The van der Waals surface area contributed by atoms with E-state index in [-0.39, 0.29) is 17.6 Å². The Bertz CT molecular complexity index is 1500. The molecule has 36 heavy (non-hydrogen) atoms. The number of nitrogens with one attached hydrogen (secondary N) is 3. The first-order valence-electron chi connectivity index (χ1n) is 11.6. The van der Waals surface area contributed by atoms with Crippen molar-refractivity contribution >= 4 is 28.3 Å². The average Bonchev–Trinajstić information content (AvgIpc) is 3.33. The van der Waals surface area contributed by atoms with Crippen LogP contribution in [-0.2, 0) is 0 Å². The van der Waals surface area contributed by atoms with Crippen LogP contribution in [-0.4, -0.2) is 29.5 Å². The lowest BCUT2D eigenvalue weighted by Crippen LogP contribution is -2.29. The van der Waals surface area contributed by atoms with Crippen LogP contribution in [0.25, 0.3) is 10.9 Å². The molecule has 1 amide bonds. The molecule has 0 radical (unpaired) electrons. The van der Waals surface area contributed by atoms with Gasteiger partial charge in [0.25, 0.3) is 5.91 Å². The van der Waals surface area contributed by atoms with Crippen molar-refractivity contribution in [2.75, 3.05) is 19.0 Å². The number of nitrogens with zero attached hydrogens (tertiary/aromatic N) is 1. The molecular formula is C29H25FN4O2. The molecule has 6 nitrogen and oxygen atoms in total. The Morgan fingerprint density at radius 1 is 1.03 bits per heavy atom. The van der Waals surface area contributed by atoms with Crippen molar-refractivity contribution < 1.29 is 13.9 Å². The topological polar surface area (TPSA) is 79.0 Å². The highest BCUT2D eigenvalue weighted by atomic mass is 19.1. The summed E-state index contributed by atoms with van der Waals surface area (Å²) in [6, 6.07) is 25.4. The number of ether oxygens (including phenoxy) is 1. The average molecular weight is 481 g/mol. The van der Waals surface area contributed by atoms with Crippen LogP contribution < -0.4 is 15.4 Å². The van der Waals surface area contributed by atoms with E-state index in [1.54, 1.807) is 37.6 Å². The molecule has 5 aromatic rings. The number of H-pyrrole nitrogens is 1.